The van der Waals surface area contributed by atoms with E-state index in [1.807, 2.05) is 54.6 Å². The number of halogens is 2. The summed E-state index contributed by atoms with van der Waals surface area (Å²) in [4.78, 5) is 30.6. The standard InChI is InChI=1S/C27H23F2N3O3/c1-35-21-7-4-18(5-8-21)2-3-19-6-9-24-23(14-19)22(12-13-31-24)25(33)10-11-26(34)32-17-27(28,29)15-20(32)16-30/h2-9,12-14,20H,10-11,15,17H2,1H3/b3-2+/t20-/m0/s1. The summed E-state index contributed by atoms with van der Waals surface area (Å²) in [6.07, 6.45) is 4.32. The highest BCUT2D eigenvalue weighted by atomic mass is 19.3. The van der Waals surface area contributed by atoms with Gasteiger partial charge in [-0.05, 0) is 41.5 Å². The number of likely N-dealkylation sites (tertiary alicyclic amines) is 1. The van der Waals surface area contributed by atoms with Gasteiger partial charge in [0.1, 0.15) is 11.8 Å². The molecule has 1 aliphatic heterocycles. The van der Waals surface area contributed by atoms with Gasteiger partial charge in [-0.25, -0.2) is 8.78 Å². The van der Waals surface area contributed by atoms with E-state index in [1.54, 1.807) is 19.2 Å². The molecule has 6 nitrogen and oxygen atoms in total. The lowest BCUT2D eigenvalue weighted by Crippen LogP contribution is -2.36. The molecule has 178 valence electrons. The lowest BCUT2D eigenvalue weighted by atomic mass is 10.00. The molecular formula is C27H23F2N3O3. The zero-order valence-corrected chi connectivity index (χ0v) is 19.1. The second-order valence-electron chi connectivity index (χ2n) is 8.39. The molecule has 1 fully saturated rings. The maximum Gasteiger partial charge on any atom is 0.268 e. The van der Waals surface area contributed by atoms with Crippen LogP contribution in [0.2, 0.25) is 0 Å². The first-order chi connectivity index (χ1) is 16.8. The topological polar surface area (TPSA) is 83.3 Å². The van der Waals surface area contributed by atoms with Crippen LogP contribution < -0.4 is 4.74 Å². The number of alkyl halides is 2. The number of hydrogen-bond donors (Lipinski definition) is 0. The monoisotopic (exact) mass is 475 g/mol. The molecule has 1 amide bonds. The first kappa shape index (κ1) is 24.0. The molecular weight excluding hydrogens is 452 g/mol. The Morgan fingerprint density at radius 1 is 1.14 bits per heavy atom. The minimum absolute atomic E-state index is 0.149. The summed E-state index contributed by atoms with van der Waals surface area (Å²) in [6.45, 7) is -0.791. The van der Waals surface area contributed by atoms with Crippen LogP contribution in [0.4, 0.5) is 8.78 Å². The Morgan fingerprint density at radius 3 is 2.57 bits per heavy atom. The van der Waals surface area contributed by atoms with Crippen LogP contribution in [-0.4, -0.2) is 47.2 Å². The molecule has 1 saturated heterocycles. The number of ketones is 1. The fourth-order valence-electron chi connectivity index (χ4n) is 4.11. The van der Waals surface area contributed by atoms with Crippen LogP contribution >= 0.6 is 0 Å². The maximum absolute atomic E-state index is 13.6. The molecule has 8 heteroatoms. The number of Topliss-reactive ketones (excluding diaryl/α,β-unsaturated/α-hetero) is 1. The summed E-state index contributed by atoms with van der Waals surface area (Å²) in [6, 6.07) is 15.3. The average Bonchev–Trinajstić information content (AvgIpc) is 3.20. The van der Waals surface area contributed by atoms with Crippen LogP contribution in [0, 0.1) is 11.3 Å². The van der Waals surface area contributed by atoms with Gasteiger partial charge in [0, 0.05) is 36.4 Å². The maximum atomic E-state index is 13.6. The highest BCUT2D eigenvalue weighted by Crippen LogP contribution is 2.32. The molecule has 1 atom stereocenters. The number of carbonyl (C=O) groups is 2. The number of rotatable bonds is 7. The number of benzene rings is 2. The highest BCUT2D eigenvalue weighted by molar-refractivity contribution is 6.08. The second kappa shape index (κ2) is 10.0. The van der Waals surface area contributed by atoms with Crippen molar-refractivity contribution < 1.29 is 23.1 Å². The Balaban J connectivity index is 1.49. The van der Waals surface area contributed by atoms with Crippen molar-refractivity contribution in [1.29, 1.82) is 5.26 Å². The van der Waals surface area contributed by atoms with E-state index >= 15 is 0 Å². The SMILES string of the molecule is COc1ccc(/C=C/c2ccc3nccc(C(=O)CCC(=O)N4CC(F)(F)C[C@H]4C#N)c3c2)cc1. The molecule has 1 aliphatic rings. The van der Waals surface area contributed by atoms with Gasteiger partial charge in [0.05, 0.1) is 25.2 Å². The molecule has 0 spiro atoms. The van der Waals surface area contributed by atoms with Gasteiger partial charge in [-0.3, -0.25) is 14.6 Å². The van der Waals surface area contributed by atoms with Crippen LogP contribution in [0.15, 0.2) is 54.7 Å². The molecule has 1 aromatic heterocycles. The number of pyridine rings is 1. The van der Waals surface area contributed by atoms with Crippen molar-refractivity contribution >= 4 is 34.7 Å². The summed E-state index contributed by atoms with van der Waals surface area (Å²) >= 11 is 0. The molecule has 2 heterocycles. The van der Waals surface area contributed by atoms with E-state index in [0.29, 0.717) is 16.5 Å². The summed E-state index contributed by atoms with van der Waals surface area (Å²) in [5, 5.41) is 9.74. The molecule has 4 rings (SSSR count). The van der Waals surface area contributed by atoms with E-state index in [1.165, 1.54) is 6.20 Å². The van der Waals surface area contributed by atoms with E-state index in [4.69, 9.17) is 10.00 Å². The van der Waals surface area contributed by atoms with E-state index in [-0.39, 0.29) is 18.6 Å². The van der Waals surface area contributed by atoms with Crippen LogP contribution in [0.25, 0.3) is 23.1 Å². The third-order valence-corrected chi connectivity index (χ3v) is 5.96. The van der Waals surface area contributed by atoms with E-state index in [0.717, 1.165) is 21.8 Å². The number of hydrogen-bond acceptors (Lipinski definition) is 5. The van der Waals surface area contributed by atoms with Crippen LogP contribution in [0.1, 0.15) is 40.7 Å². The first-order valence-corrected chi connectivity index (χ1v) is 11.1. The fourth-order valence-corrected chi connectivity index (χ4v) is 4.11. The largest absolute Gasteiger partial charge is 0.497 e. The van der Waals surface area contributed by atoms with Crippen LogP contribution in [-0.2, 0) is 4.79 Å². The molecule has 0 saturated carbocycles. The van der Waals surface area contributed by atoms with Gasteiger partial charge in [-0.2, -0.15) is 5.26 Å². The molecule has 0 bridgehead atoms. The predicted octanol–water partition coefficient (Wildman–Crippen LogP) is 5.14. The Hall–Kier alpha value is -4.12. The number of fused-ring (bicyclic) bond motifs is 1. The number of methoxy groups -OCH3 is 1. The van der Waals surface area contributed by atoms with Gasteiger partial charge in [0.25, 0.3) is 5.92 Å². The number of ether oxygens (including phenoxy) is 1. The van der Waals surface area contributed by atoms with Crippen molar-refractivity contribution in [3.63, 3.8) is 0 Å². The Morgan fingerprint density at radius 2 is 1.86 bits per heavy atom. The first-order valence-electron chi connectivity index (χ1n) is 11.1. The Bertz CT molecular complexity index is 1330. The third kappa shape index (κ3) is 5.52. The molecule has 0 N–H and O–H groups in total. The molecule has 0 radical (unpaired) electrons. The van der Waals surface area contributed by atoms with Crippen molar-refractivity contribution in [2.24, 2.45) is 0 Å². The number of amides is 1. The number of nitrogens with zero attached hydrogens (tertiary/aromatic N) is 3. The molecule has 2 aromatic carbocycles. The lowest BCUT2D eigenvalue weighted by molar-refractivity contribution is -0.132. The van der Waals surface area contributed by atoms with Gasteiger partial charge in [0.15, 0.2) is 5.78 Å². The number of carbonyl (C=O) groups excluding carboxylic acids is 2. The van der Waals surface area contributed by atoms with Crippen molar-refractivity contribution in [3.05, 3.63) is 71.4 Å². The van der Waals surface area contributed by atoms with E-state index in [9.17, 15) is 18.4 Å². The fraction of sp³-hybridized carbons (Fsp3) is 0.259. The summed E-state index contributed by atoms with van der Waals surface area (Å²) in [5.41, 5.74) is 2.89. The normalized spacial score (nSPS) is 17.0. The quantitative estimate of drug-likeness (QED) is 0.349. The second-order valence-corrected chi connectivity index (χ2v) is 8.39. The van der Waals surface area contributed by atoms with Gasteiger partial charge in [-0.1, -0.05) is 30.4 Å². The molecule has 0 aliphatic carbocycles. The zero-order chi connectivity index (χ0) is 25.0. The highest BCUT2D eigenvalue weighted by Gasteiger charge is 2.47. The summed E-state index contributed by atoms with van der Waals surface area (Å²) in [7, 11) is 1.61. The smallest absolute Gasteiger partial charge is 0.268 e. The summed E-state index contributed by atoms with van der Waals surface area (Å²) in [5.74, 6) is -3.23. The Labute approximate surface area is 201 Å². The molecule has 35 heavy (non-hydrogen) atoms. The predicted molar refractivity (Wildman–Crippen MR) is 128 cm³/mol. The number of aromatic nitrogens is 1. The van der Waals surface area contributed by atoms with Gasteiger partial charge in [0.2, 0.25) is 5.91 Å². The van der Waals surface area contributed by atoms with Gasteiger partial charge < -0.3 is 9.64 Å². The minimum Gasteiger partial charge on any atom is -0.497 e. The zero-order valence-electron chi connectivity index (χ0n) is 19.1. The third-order valence-electron chi connectivity index (χ3n) is 5.96. The van der Waals surface area contributed by atoms with Crippen LogP contribution in [0.5, 0.6) is 5.75 Å². The lowest BCUT2D eigenvalue weighted by Gasteiger charge is -2.18. The van der Waals surface area contributed by atoms with E-state index in [2.05, 4.69) is 4.98 Å². The minimum atomic E-state index is -3.09. The Kier molecular flexibility index (Phi) is 6.87. The van der Waals surface area contributed by atoms with Crippen molar-refractivity contribution in [2.45, 2.75) is 31.2 Å². The van der Waals surface area contributed by atoms with E-state index < -0.39 is 30.8 Å². The average molecular weight is 475 g/mol. The van der Waals surface area contributed by atoms with Crippen molar-refractivity contribution in [1.82, 2.24) is 9.88 Å². The number of nitriles is 1. The molecule has 0 unspecified atom stereocenters. The molecule has 3 aromatic rings. The summed E-state index contributed by atoms with van der Waals surface area (Å²) < 4.78 is 32.5. The van der Waals surface area contributed by atoms with Crippen molar-refractivity contribution in [2.75, 3.05) is 13.7 Å². The van der Waals surface area contributed by atoms with Crippen molar-refractivity contribution in [3.8, 4) is 11.8 Å². The van der Waals surface area contributed by atoms with Gasteiger partial charge >= 0.3 is 0 Å². The van der Waals surface area contributed by atoms with Gasteiger partial charge in [-0.15, -0.1) is 0 Å². The van der Waals surface area contributed by atoms with Crippen LogP contribution in [0.3, 0.4) is 0 Å².